The smallest absolute Gasteiger partial charge is 0.225 e. The standard InChI is InChI=1S/C30H49NO6/c1-17(2)27(35)31(16-26(36-7)37-8)18(3)19-9-11-30(6)21-13-23(32)22-14-24(33)25(34)15-28(22,4)20(21)10-12-29(19,30)5/h13,17-20,22,24-26,33-34H,9-12,14-16H2,1-8H3/t18?,19?,20?,22?,24?,25?,28?,29-,30+/m1/s1. The van der Waals surface area contributed by atoms with Crippen LogP contribution in [0.3, 0.4) is 0 Å². The van der Waals surface area contributed by atoms with E-state index in [1.54, 1.807) is 14.2 Å². The number of fused-ring (bicyclic) bond motifs is 5. The summed E-state index contributed by atoms with van der Waals surface area (Å²) in [6, 6.07) is 0.000882. The van der Waals surface area contributed by atoms with Gasteiger partial charge in [0.1, 0.15) is 0 Å². The molecule has 3 fully saturated rings. The Labute approximate surface area is 223 Å². The molecule has 4 aliphatic rings. The van der Waals surface area contributed by atoms with Gasteiger partial charge in [-0.3, -0.25) is 9.59 Å². The van der Waals surface area contributed by atoms with Crippen LogP contribution in [0.1, 0.15) is 80.1 Å². The molecule has 0 bridgehead atoms. The molecule has 9 atom stereocenters. The minimum atomic E-state index is -0.828. The van der Waals surface area contributed by atoms with Gasteiger partial charge >= 0.3 is 0 Å². The minimum absolute atomic E-state index is 0.000882. The first-order valence-electron chi connectivity index (χ1n) is 14.2. The third kappa shape index (κ3) is 4.32. The van der Waals surface area contributed by atoms with Crippen LogP contribution in [0.25, 0.3) is 0 Å². The van der Waals surface area contributed by atoms with Gasteiger partial charge in [0.2, 0.25) is 5.91 Å². The maximum absolute atomic E-state index is 13.5. The topological polar surface area (TPSA) is 96.3 Å². The van der Waals surface area contributed by atoms with Crippen molar-refractivity contribution in [3.63, 3.8) is 0 Å². The molecule has 7 nitrogen and oxygen atoms in total. The number of hydrogen-bond donors (Lipinski definition) is 2. The Morgan fingerprint density at radius 2 is 1.70 bits per heavy atom. The summed E-state index contributed by atoms with van der Waals surface area (Å²) in [6.45, 7) is 13.3. The number of carbonyl (C=O) groups excluding carboxylic acids is 2. The highest BCUT2D eigenvalue weighted by molar-refractivity contribution is 5.94. The van der Waals surface area contributed by atoms with Crippen LogP contribution in [-0.4, -0.2) is 72.1 Å². The van der Waals surface area contributed by atoms with Gasteiger partial charge in [-0.05, 0) is 79.6 Å². The molecule has 1 amide bonds. The summed E-state index contributed by atoms with van der Waals surface area (Å²) >= 11 is 0. The summed E-state index contributed by atoms with van der Waals surface area (Å²) in [5, 5.41) is 21.0. The van der Waals surface area contributed by atoms with Crippen molar-refractivity contribution < 1.29 is 29.3 Å². The highest BCUT2D eigenvalue weighted by Crippen LogP contribution is 2.71. The molecule has 7 heteroatoms. The van der Waals surface area contributed by atoms with E-state index < -0.39 is 18.5 Å². The third-order valence-electron chi connectivity index (χ3n) is 11.5. The predicted molar refractivity (Wildman–Crippen MR) is 141 cm³/mol. The number of methoxy groups -OCH3 is 2. The molecule has 37 heavy (non-hydrogen) atoms. The molecule has 7 unspecified atom stereocenters. The Morgan fingerprint density at radius 1 is 1.05 bits per heavy atom. The number of amides is 1. The average molecular weight is 520 g/mol. The molecule has 2 N–H and O–H groups in total. The fourth-order valence-electron chi connectivity index (χ4n) is 8.98. The van der Waals surface area contributed by atoms with Crippen LogP contribution < -0.4 is 0 Å². The lowest BCUT2D eigenvalue weighted by Gasteiger charge is -2.61. The van der Waals surface area contributed by atoms with E-state index in [2.05, 4.69) is 27.7 Å². The zero-order chi connectivity index (χ0) is 27.5. The lowest BCUT2D eigenvalue weighted by Crippen LogP contribution is -2.59. The number of ether oxygens (including phenoxy) is 2. The van der Waals surface area contributed by atoms with Crippen LogP contribution >= 0.6 is 0 Å². The summed E-state index contributed by atoms with van der Waals surface area (Å²) in [6.07, 6.45) is 4.57. The first-order valence-corrected chi connectivity index (χ1v) is 14.2. The van der Waals surface area contributed by atoms with Gasteiger partial charge in [-0.25, -0.2) is 0 Å². The lowest BCUT2D eigenvalue weighted by molar-refractivity contribution is -0.157. The van der Waals surface area contributed by atoms with Crippen LogP contribution in [0.5, 0.6) is 0 Å². The van der Waals surface area contributed by atoms with Gasteiger partial charge < -0.3 is 24.6 Å². The Kier molecular flexibility index (Phi) is 7.79. The minimum Gasteiger partial charge on any atom is -0.390 e. The highest BCUT2D eigenvalue weighted by atomic mass is 16.7. The van der Waals surface area contributed by atoms with E-state index in [1.165, 1.54) is 5.57 Å². The molecule has 0 aromatic heterocycles. The van der Waals surface area contributed by atoms with Crippen molar-refractivity contribution in [1.82, 2.24) is 4.90 Å². The molecule has 0 aromatic carbocycles. The van der Waals surface area contributed by atoms with Crippen LogP contribution in [-0.2, 0) is 19.1 Å². The van der Waals surface area contributed by atoms with E-state index in [1.807, 2.05) is 24.8 Å². The van der Waals surface area contributed by atoms with Gasteiger partial charge in [0.25, 0.3) is 0 Å². The molecule has 0 spiro atoms. The predicted octanol–water partition coefficient (Wildman–Crippen LogP) is 3.96. The molecular weight excluding hydrogens is 470 g/mol. The van der Waals surface area contributed by atoms with Gasteiger partial charge in [-0.1, -0.05) is 40.2 Å². The van der Waals surface area contributed by atoms with Crippen molar-refractivity contribution in [2.24, 2.45) is 39.9 Å². The van der Waals surface area contributed by atoms with Crippen molar-refractivity contribution in [3.8, 4) is 0 Å². The van der Waals surface area contributed by atoms with Crippen molar-refractivity contribution in [1.29, 1.82) is 0 Å². The van der Waals surface area contributed by atoms with Crippen LogP contribution in [0, 0.1) is 39.9 Å². The zero-order valence-electron chi connectivity index (χ0n) is 24.1. The van der Waals surface area contributed by atoms with E-state index in [-0.39, 0.29) is 57.6 Å². The maximum atomic E-state index is 13.5. The third-order valence-corrected chi connectivity index (χ3v) is 11.5. The Balaban J connectivity index is 1.68. The van der Waals surface area contributed by atoms with Gasteiger partial charge in [0.05, 0.1) is 18.8 Å². The number of aliphatic hydroxyl groups is 2. The number of nitrogens with zero attached hydrogens (tertiary/aromatic N) is 1. The molecule has 210 valence electrons. The molecule has 0 radical (unpaired) electrons. The summed E-state index contributed by atoms with van der Waals surface area (Å²) < 4.78 is 11.0. The number of aliphatic hydroxyl groups excluding tert-OH is 2. The largest absolute Gasteiger partial charge is 0.390 e. The monoisotopic (exact) mass is 519 g/mol. The molecule has 4 aliphatic carbocycles. The SMILES string of the molecule is COC(CN(C(=O)C(C)C)C(C)C1CC[C@@]2(C)C3=CC(=O)C4CC(O)C(O)CC4(C)C3CC[C@]12C)OC. The number of rotatable bonds is 7. The van der Waals surface area contributed by atoms with E-state index in [4.69, 9.17) is 9.47 Å². The number of allylic oxidation sites excluding steroid dienone is 2. The first-order chi connectivity index (χ1) is 17.2. The Hall–Kier alpha value is -1.28. The second-order valence-corrected chi connectivity index (χ2v) is 13.4. The molecule has 0 aliphatic heterocycles. The van der Waals surface area contributed by atoms with E-state index >= 15 is 0 Å². The van der Waals surface area contributed by atoms with E-state index in [9.17, 15) is 19.8 Å². The summed E-state index contributed by atoms with van der Waals surface area (Å²) in [5.41, 5.74) is 0.679. The van der Waals surface area contributed by atoms with E-state index in [0.717, 1.165) is 25.7 Å². The van der Waals surface area contributed by atoms with Gasteiger partial charge in [-0.2, -0.15) is 0 Å². The number of carbonyl (C=O) groups is 2. The molecule has 4 rings (SSSR count). The summed E-state index contributed by atoms with van der Waals surface area (Å²) in [5.74, 6) is 0.357. The fourth-order valence-corrected chi connectivity index (χ4v) is 8.98. The fraction of sp³-hybridized carbons (Fsp3) is 0.867. The van der Waals surface area contributed by atoms with Gasteiger partial charge in [0, 0.05) is 32.1 Å². The second-order valence-electron chi connectivity index (χ2n) is 13.4. The average Bonchev–Trinajstić information content (AvgIpc) is 3.12. The summed E-state index contributed by atoms with van der Waals surface area (Å²) in [7, 11) is 3.21. The van der Waals surface area contributed by atoms with Crippen LogP contribution in [0.15, 0.2) is 11.6 Å². The van der Waals surface area contributed by atoms with Crippen molar-refractivity contribution in [3.05, 3.63) is 11.6 Å². The molecule has 0 heterocycles. The zero-order valence-corrected chi connectivity index (χ0v) is 24.1. The van der Waals surface area contributed by atoms with E-state index in [0.29, 0.717) is 19.4 Å². The van der Waals surface area contributed by atoms with Gasteiger partial charge in [-0.15, -0.1) is 0 Å². The number of hydrogen-bond acceptors (Lipinski definition) is 6. The lowest BCUT2D eigenvalue weighted by atomic mass is 9.43. The Bertz CT molecular complexity index is 929. The highest BCUT2D eigenvalue weighted by Gasteiger charge is 2.65. The van der Waals surface area contributed by atoms with Crippen molar-refractivity contribution >= 4 is 11.7 Å². The van der Waals surface area contributed by atoms with Crippen molar-refractivity contribution in [2.45, 2.75) is 105 Å². The molecule has 0 aromatic rings. The molecule has 0 saturated heterocycles. The first kappa shape index (κ1) is 28.7. The van der Waals surface area contributed by atoms with Crippen LogP contribution in [0.2, 0.25) is 0 Å². The molecular formula is C30H49NO6. The summed E-state index contributed by atoms with van der Waals surface area (Å²) in [4.78, 5) is 28.9. The number of ketones is 1. The normalized spacial score (nSPS) is 42.2. The second kappa shape index (κ2) is 10.0. The van der Waals surface area contributed by atoms with Crippen molar-refractivity contribution in [2.75, 3.05) is 20.8 Å². The molecule has 3 saturated carbocycles. The Morgan fingerprint density at radius 3 is 2.30 bits per heavy atom. The quantitative estimate of drug-likeness (QED) is 0.495. The maximum Gasteiger partial charge on any atom is 0.225 e. The van der Waals surface area contributed by atoms with Gasteiger partial charge in [0.15, 0.2) is 12.1 Å². The van der Waals surface area contributed by atoms with Crippen LogP contribution in [0.4, 0.5) is 0 Å².